The van der Waals surface area contributed by atoms with Crippen LogP contribution in [-0.2, 0) is 19.1 Å². The fraction of sp³-hybridized carbons (Fsp3) is 0.643. The molecule has 212 valence electrons. The Morgan fingerprint density at radius 1 is 1.16 bits per heavy atom. The molecule has 2 rings (SSSR count). The fourth-order valence-electron chi connectivity index (χ4n) is 4.47. The van der Waals surface area contributed by atoms with Crippen molar-refractivity contribution in [2.45, 2.75) is 116 Å². The van der Waals surface area contributed by atoms with E-state index in [0.717, 1.165) is 19.3 Å². The standard InChI is InChI=1S/C28H44N4O6/c1-7-9-18(3)30-25(35)24(19-12-14-22(33)17(2)16-19)32(20-10-8-11-20)26(36)21(13-15-23(29)34)31-27(37)38-28(4,5)6/h12,14,16,18,20-21,24,33H,7-11,13,15H2,1-6H3,(H2,29,34)(H,30,35)(H,31,37). The Balaban J connectivity index is 2.52. The summed E-state index contributed by atoms with van der Waals surface area (Å²) < 4.78 is 5.36. The van der Waals surface area contributed by atoms with E-state index in [1.54, 1.807) is 39.8 Å². The smallest absolute Gasteiger partial charge is 0.408 e. The van der Waals surface area contributed by atoms with Gasteiger partial charge in [-0.2, -0.15) is 0 Å². The van der Waals surface area contributed by atoms with Gasteiger partial charge in [0.05, 0.1) is 0 Å². The third kappa shape index (κ3) is 8.92. The van der Waals surface area contributed by atoms with Gasteiger partial charge in [-0.3, -0.25) is 14.4 Å². The minimum atomic E-state index is -1.13. The number of nitrogens with one attached hydrogen (secondary N) is 2. The summed E-state index contributed by atoms with van der Waals surface area (Å²) in [5.74, 6) is -1.36. The molecule has 0 aliphatic heterocycles. The largest absolute Gasteiger partial charge is 0.508 e. The lowest BCUT2D eigenvalue weighted by Gasteiger charge is -2.44. The number of primary amides is 1. The van der Waals surface area contributed by atoms with Crippen LogP contribution in [-0.4, -0.2) is 57.5 Å². The van der Waals surface area contributed by atoms with Crippen molar-refractivity contribution in [3.8, 4) is 5.75 Å². The maximum absolute atomic E-state index is 14.1. The predicted molar refractivity (Wildman–Crippen MR) is 144 cm³/mol. The maximum atomic E-state index is 14.1. The summed E-state index contributed by atoms with van der Waals surface area (Å²) in [6, 6.07) is 2.37. The summed E-state index contributed by atoms with van der Waals surface area (Å²) in [5, 5.41) is 15.7. The summed E-state index contributed by atoms with van der Waals surface area (Å²) in [6.45, 7) is 10.8. The Morgan fingerprint density at radius 3 is 2.32 bits per heavy atom. The van der Waals surface area contributed by atoms with Crippen LogP contribution in [0.4, 0.5) is 4.79 Å². The van der Waals surface area contributed by atoms with Crippen LogP contribution in [0.2, 0.25) is 0 Å². The van der Waals surface area contributed by atoms with Crippen molar-refractivity contribution in [1.29, 1.82) is 0 Å². The highest BCUT2D eigenvalue weighted by atomic mass is 16.6. The van der Waals surface area contributed by atoms with E-state index in [4.69, 9.17) is 10.5 Å². The van der Waals surface area contributed by atoms with Crippen molar-refractivity contribution < 1.29 is 29.0 Å². The molecule has 10 heteroatoms. The number of ether oxygens (including phenoxy) is 1. The molecule has 1 aliphatic rings. The SMILES string of the molecule is CCCC(C)NC(=O)C(c1ccc(O)c(C)c1)N(C(=O)C(CCC(N)=O)NC(=O)OC(C)(C)C)C1CCC1. The second kappa shape index (κ2) is 13.5. The molecule has 3 unspecified atom stereocenters. The number of nitrogens with zero attached hydrogens (tertiary/aromatic N) is 1. The molecule has 0 bridgehead atoms. The Labute approximate surface area is 225 Å². The molecule has 1 saturated carbocycles. The molecule has 1 fully saturated rings. The molecule has 0 saturated heterocycles. The number of hydrogen-bond donors (Lipinski definition) is 4. The van der Waals surface area contributed by atoms with Crippen LogP contribution in [0.25, 0.3) is 0 Å². The highest BCUT2D eigenvalue weighted by molar-refractivity contribution is 5.93. The van der Waals surface area contributed by atoms with Gasteiger partial charge in [0.15, 0.2) is 0 Å². The number of phenols is 1. The Bertz CT molecular complexity index is 1000. The van der Waals surface area contributed by atoms with Crippen LogP contribution in [0.3, 0.4) is 0 Å². The van der Waals surface area contributed by atoms with E-state index in [0.29, 0.717) is 24.0 Å². The normalized spacial score (nSPS) is 15.9. The van der Waals surface area contributed by atoms with Crippen LogP contribution >= 0.6 is 0 Å². The van der Waals surface area contributed by atoms with E-state index < -0.39 is 35.6 Å². The van der Waals surface area contributed by atoms with Gasteiger partial charge in [0.1, 0.15) is 23.4 Å². The second-order valence-electron chi connectivity index (χ2n) is 11.2. The Morgan fingerprint density at radius 2 is 1.82 bits per heavy atom. The third-order valence-electron chi connectivity index (χ3n) is 6.56. The van der Waals surface area contributed by atoms with Gasteiger partial charge >= 0.3 is 6.09 Å². The van der Waals surface area contributed by atoms with Gasteiger partial charge in [-0.15, -0.1) is 0 Å². The topological polar surface area (TPSA) is 151 Å². The predicted octanol–water partition coefficient (Wildman–Crippen LogP) is 3.59. The molecule has 4 amide bonds. The quantitative estimate of drug-likeness (QED) is 0.323. The highest BCUT2D eigenvalue weighted by Gasteiger charge is 2.42. The van der Waals surface area contributed by atoms with E-state index in [1.165, 1.54) is 11.0 Å². The first kappa shape index (κ1) is 30.9. The monoisotopic (exact) mass is 532 g/mol. The van der Waals surface area contributed by atoms with E-state index >= 15 is 0 Å². The van der Waals surface area contributed by atoms with Gasteiger partial charge in [-0.25, -0.2) is 4.79 Å². The van der Waals surface area contributed by atoms with Gasteiger partial charge in [0, 0.05) is 18.5 Å². The Kier molecular flexibility index (Phi) is 11.0. The van der Waals surface area contributed by atoms with Crippen molar-refractivity contribution in [2.24, 2.45) is 5.73 Å². The molecule has 0 heterocycles. The molecule has 1 aromatic carbocycles. The number of phenolic OH excluding ortho intramolecular Hbond substituents is 1. The third-order valence-corrected chi connectivity index (χ3v) is 6.56. The van der Waals surface area contributed by atoms with Crippen LogP contribution < -0.4 is 16.4 Å². The van der Waals surface area contributed by atoms with Crippen LogP contribution in [0.15, 0.2) is 18.2 Å². The number of nitrogens with two attached hydrogens (primary N) is 1. The van der Waals surface area contributed by atoms with Crippen LogP contribution in [0.5, 0.6) is 5.75 Å². The van der Waals surface area contributed by atoms with Crippen LogP contribution in [0, 0.1) is 6.92 Å². The van der Waals surface area contributed by atoms with Crippen molar-refractivity contribution >= 4 is 23.8 Å². The number of carbonyl (C=O) groups excluding carboxylic acids is 4. The lowest BCUT2D eigenvalue weighted by Crippen LogP contribution is -2.58. The molecule has 1 aromatic rings. The zero-order valence-corrected chi connectivity index (χ0v) is 23.5. The molecular formula is C28H44N4O6. The molecule has 0 aromatic heterocycles. The first-order chi connectivity index (χ1) is 17.7. The summed E-state index contributed by atoms with van der Waals surface area (Å²) in [4.78, 5) is 53.7. The number of alkyl carbamates (subject to hydrolysis) is 1. The zero-order valence-electron chi connectivity index (χ0n) is 23.5. The van der Waals surface area contributed by atoms with Gasteiger partial charge in [0.2, 0.25) is 17.7 Å². The molecule has 3 atom stereocenters. The van der Waals surface area contributed by atoms with E-state index in [2.05, 4.69) is 10.6 Å². The second-order valence-corrected chi connectivity index (χ2v) is 11.2. The van der Waals surface area contributed by atoms with E-state index in [9.17, 15) is 24.3 Å². The van der Waals surface area contributed by atoms with Crippen molar-refractivity contribution in [2.75, 3.05) is 0 Å². The lowest BCUT2D eigenvalue weighted by atomic mass is 9.87. The molecule has 10 nitrogen and oxygen atoms in total. The molecule has 0 radical (unpaired) electrons. The molecule has 0 spiro atoms. The number of carbonyl (C=O) groups is 4. The number of rotatable bonds is 12. The van der Waals surface area contributed by atoms with Gasteiger partial charge in [0.25, 0.3) is 0 Å². The molecule has 1 aliphatic carbocycles. The maximum Gasteiger partial charge on any atom is 0.408 e. The van der Waals surface area contributed by atoms with E-state index in [-0.39, 0.29) is 36.6 Å². The van der Waals surface area contributed by atoms with Crippen molar-refractivity contribution in [1.82, 2.24) is 15.5 Å². The summed E-state index contributed by atoms with van der Waals surface area (Å²) >= 11 is 0. The number of hydrogen-bond acceptors (Lipinski definition) is 6. The summed E-state index contributed by atoms with van der Waals surface area (Å²) in [5.41, 5.74) is 5.69. The minimum absolute atomic E-state index is 0.0359. The summed E-state index contributed by atoms with van der Waals surface area (Å²) in [6.07, 6.45) is 2.98. The van der Waals surface area contributed by atoms with Crippen LogP contribution in [0.1, 0.15) is 96.7 Å². The molecule has 38 heavy (non-hydrogen) atoms. The first-order valence-electron chi connectivity index (χ1n) is 13.4. The minimum Gasteiger partial charge on any atom is -0.508 e. The number of benzene rings is 1. The molecular weight excluding hydrogens is 488 g/mol. The fourth-order valence-corrected chi connectivity index (χ4v) is 4.47. The van der Waals surface area contributed by atoms with Crippen molar-refractivity contribution in [3.05, 3.63) is 29.3 Å². The highest BCUT2D eigenvalue weighted by Crippen LogP contribution is 2.35. The Hall–Kier alpha value is -3.30. The van der Waals surface area contributed by atoms with Gasteiger partial charge in [-0.05, 0) is 90.0 Å². The zero-order chi connectivity index (χ0) is 28.6. The summed E-state index contributed by atoms with van der Waals surface area (Å²) in [7, 11) is 0. The number of amides is 4. The van der Waals surface area contributed by atoms with Crippen molar-refractivity contribution in [3.63, 3.8) is 0 Å². The lowest BCUT2D eigenvalue weighted by molar-refractivity contribution is -0.148. The molecule has 5 N–H and O–H groups in total. The number of aromatic hydroxyl groups is 1. The average Bonchev–Trinajstić information content (AvgIpc) is 2.75. The van der Waals surface area contributed by atoms with E-state index in [1.807, 2.05) is 13.8 Å². The average molecular weight is 533 g/mol. The number of aryl methyl sites for hydroxylation is 1. The van der Waals surface area contributed by atoms with Gasteiger partial charge < -0.3 is 31.1 Å². The van der Waals surface area contributed by atoms with Gasteiger partial charge in [-0.1, -0.05) is 19.4 Å². The first-order valence-corrected chi connectivity index (χ1v) is 13.4.